The molecule has 1 heterocycles. The molecule has 0 radical (unpaired) electrons. The van der Waals surface area contributed by atoms with Gasteiger partial charge < -0.3 is 10.6 Å². The van der Waals surface area contributed by atoms with E-state index in [1.165, 1.54) is 42.9 Å². The topological polar surface area (TPSA) is 32.5 Å². The molecule has 0 bridgehead atoms. The Morgan fingerprint density at radius 2 is 1.57 bits per heavy atom. The Balaban J connectivity index is 1.80. The van der Waals surface area contributed by atoms with E-state index in [2.05, 4.69) is 55.7 Å². The molecule has 21 heavy (non-hydrogen) atoms. The lowest BCUT2D eigenvalue weighted by Gasteiger charge is -2.37. The number of hydrogen-bond donors (Lipinski definition) is 1. The summed E-state index contributed by atoms with van der Waals surface area (Å²) in [7, 11) is 0. The predicted molar refractivity (Wildman–Crippen MR) is 90.6 cm³/mol. The monoisotopic (exact) mass is 289 g/mol. The molecule has 2 rings (SSSR count). The van der Waals surface area contributed by atoms with Crippen molar-refractivity contribution in [2.24, 2.45) is 5.73 Å². The largest absolute Gasteiger partial charge is 0.324 e. The molecule has 1 aromatic rings. The molecule has 1 atom stereocenters. The average Bonchev–Trinajstić information content (AvgIpc) is 2.44. The van der Waals surface area contributed by atoms with Gasteiger partial charge in [-0.05, 0) is 39.7 Å². The van der Waals surface area contributed by atoms with Crippen LogP contribution in [0.1, 0.15) is 43.0 Å². The summed E-state index contributed by atoms with van der Waals surface area (Å²) < 4.78 is 0. The minimum Gasteiger partial charge on any atom is -0.324 e. The first-order valence-electron chi connectivity index (χ1n) is 8.26. The Hall–Kier alpha value is -0.900. The summed E-state index contributed by atoms with van der Waals surface area (Å²) in [6.45, 7) is 14.7. The van der Waals surface area contributed by atoms with Crippen molar-refractivity contribution in [3.8, 4) is 0 Å². The van der Waals surface area contributed by atoms with Crippen LogP contribution in [0.3, 0.4) is 0 Å². The van der Waals surface area contributed by atoms with Gasteiger partial charge in [0.15, 0.2) is 0 Å². The summed E-state index contributed by atoms with van der Waals surface area (Å²) in [4.78, 5) is 5.11. The Morgan fingerprint density at radius 1 is 1.00 bits per heavy atom. The van der Waals surface area contributed by atoms with E-state index in [1.807, 2.05) is 0 Å². The van der Waals surface area contributed by atoms with Crippen LogP contribution in [-0.4, -0.2) is 48.6 Å². The fraction of sp³-hybridized carbons (Fsp3) is 0.667. The van der Waals surface area contributed by atoms with E-state index in [1.54, 1.807) is 0 Å². The zero-order valence-corrected chi connectivity index (χ0v) is 14.1. The van der Waals surface area contributed by atoms with E-state index in [0.717, 1.165) is 13.0 Å². The molecule has 0 amide bonds. The lowest BCUT2D eigenvalue weighted by atomic mass is 9.99. The zero-order chi connectivity index (χ0) is 15.4. The first-order valence-corrected chi connectivity index (χ1v) is 8.26. The number of piperazine rings is 1. The summed E-state index contributed by atoms with van der Waals surface area (Å²) in [6, 6.07) is 7.50. The van der Waals surface area contributed by atoms with Crippen molar-refractivity contribution in [3.05, 3.63) is 34.9 Å². The molecule has 118 valence electrons. The van der Waals surface area contributed by atoms with Crippen molar-refractivity contribution in [3.63, 3.8) is 0 Å². The van der Waals surface area contributed by atoms with Crippen LogP contribution < -0.4 is 5.73 Å². The van der Waals surface area contributed by atoms with Crippen LogP contribution in [0.2, 0.25) is 0 Å². The van der Waals surface area contributed by atoms with Gasteiger partial charge in [0.2, 0.25) is 0 Å². The maximum absolute atomic E-state index is 6.39. The molecule has 1 saturated heterocycles. The third-order valence-corrected chi connectivity index (χ3v) is 4.57. The number of hydrogen-bond acceptors (Lipinski definition) is 3. The second kappa shape index (κ2) is 7.39. The van der Waals surface area contributed by atoms with Crippen molar-refractivity contribution in [2.75, 3.05) is 32.7 Å². The van der Waals surface area contributed by atoms with Crippen LogP contribution in [-0.2, 0) is 0 Å². The van der Waals surface area contributed by atoms with E-state index in [-0.39, 0.29) is 6.04 Å². The van der Waals surface area contributed by atoms with Gasteiger partial charge in [-0.15, -0.1) is 0 Å². The molecule has 2 N–H and O–H groups in total. The molecule has 0 aromatic heterocycles. The van der Waals surface area contributed by atoms with Crippen LogP contribution in [0.4, 0.5) is 0 Å². The second-order valence-corrected chi connectivity index (χ2v) is 6.79. The van der Waals surface area contributed by atoms with Gasteiger partial charge in [-0.3, -0.25) is 4.90 Å². The van der Waals surface area contributed by atoms with Gasteiger partial charge in [-0.2, -0.15) is 0 Å². The predicted octanol–water partition coefficient (Wildman–Crippen LogP) is 2.72. The van der Waals surface area contributed by atoms with Gasteiger partial charge in [0, 0.05) is 44.8 Å². The minimum atomic E-state index is 0.159. The SMILES string of the molecule is Cc1cc(C)cc(C(N)CCN2CCN(C(C)C)CC2)c1. The second-order valence-electron chi connectivity index (χ2n) is 6.79. The van der Waals surface area contributed by atoms with Gasteiger partial charge in [0.1, 0.15) is 0 Å². The standard InChI is InChI=1S/C18H31N3/c1-14(2)21-9-7-20(8-10-21)6-5-18(19)17-12-15(3)11-16(4)13-17/h11-14,18H,5-10,19H2,1-4H3. The lowest BCUT2D eigenvalue weighted by Crippen LogP contribution is -2.49. The van der Waals surface area contributed by atoms with Crippen molar-refractivity contribution >= 4 is 0 Å². The highest BCUT2D eigenvalue weighted by Crippen LogP contribution is 2.18. The first kappa shape index (κ1) is 16.5. The molecule has 1 fully saturated rings. The van der Waals surface area contributed by atoms with Gasteiger partial charge >= 0.3 is 0 Å². The number of benzene rings is 1. The summed E-state index contributed by atoms with van der Waals surface area (Å²) in [5.74, 6) is 0. The molecule has 1 aliphatic rings. The zero-order valence-electron chi connectivity index (χ0n) is 14.1. The molecule has 3 nitrogen and oxygen atoms in total. The molecular weight excluding hydrogens is 258 g/mol. The summed E-state index contributed by atoms with van der Waals surface area (Å²) in [5.41, 5.74) is 10.3. The third-order valence-electron chi connectivity index (χ3n) is 4.57. The smallest absolute Gasteiger partial charge is 0.0307 e. The van der Waals surface area contributed by atoms with Crippen LogP contribution in [0.25, 0.3) is 0 Å². The van der Waals surface area contributed by atoms with Gasteiger partial charge in [0.25, 0.3) is 0 Å². The van der Waals surface area contributed by atoms with Gasteiger partial charge in [-0.1, -0.05) is 29.3 Å². The Kier molecular flexibility index (Phi) is 5.80. The molecular formula is C18H31N3. The van der Waals surface area contributed by atoms with Gasteiger partial charge in [0.05, 0.1) is 0 Å². The summed E-state index contributed by atoms with van der Waals surface area (Å²) in [5, 5.41) is 0. The molecule has 0 aliphatic carbocycles. The number of aryl methyl sites for hydroxylation is 2. The van der Waals surface area contributed by atoms with Crippen molar-refractivity contribution in [1.82, 2.24) is 9.80 Å². The van der Waals surface area contributed by atoms with E-state index in [0.29, 0.717) is 6.04 Å². The van der Waals surface area contributed by atoms with Crippen LogP contribution >= 0.6 is 0 Å². The first-order chi connectivity index (χ1) is 9.95. The Morgan fingerprint density at radius 3 is 2.10 bits per heavy atom. The third kappa shape index (κ3) is 4.80. The van der Waals surface area contributed by atoms with E-state index in [4.69, 9.17) is 5.73 Å². The fourth-order valence-corrected chi connectivity index (χ4v) is 3.22. The van der Waals surface area contributed by atoms with Crippen molar-refractivity contribution < 1.29 is 0 Å². The summed E-state index contributed by atoms with van der Waals surface area (Å²) >= 11 is 0. The normalized spacial score (nSPS) is 19.1. The molecule has 1 aromatic carbocycles. The molecule has 1 aliphatic heterocycles. The molecule has 3 heteroatoms. The maximum atomic E-state index is 6.39. The molecule has 1 unspecified atom stereocenters. The average molecular weight is 289 g/mol. The Labute approximate surface area is 130 Å². The van der Waals surface area contributed by atoms with Crippen LogP contribution in [0.15, 0.2) is 18.2 Å². The Bertz CT molecular complexity index is 428. The maximum Gasteiger partial charge on any atom is 0.0307 e. The molecule has 0 saturated carbocycles. The highest BCUT2D eigenvalue weighted by molar-refractivity contribution is 5.30. The van der Waals surface area contributed by atoms with Gasteiger partial charge in [-0.25, -0.2) is 0 Å². The minimum absolute atomic E-state index is 0.159. The fourth-order valence-electron chi connectivity index (χ4n) is 3.22. The van der Waals surface area contributed by atoms with Crippen molar-refractivity contribution in [1.29, 1.82) is 0 Å². The van der Waals surface area contributed by atoms with Crippen molar-refractivity contribution in [2.45, 2.75) is 46.2 Å². The van der Waals surface area contributed by atoms with Crippen LogP contribution in [0.5, 0.6) is 0 Å². The quantitative estimate of drug-likeness (QED) is 0.904. The number of nitrogens with zero attached hydrogens (tertiary/aromatic N) is 2. The molecule has 0 spiro atoms. The van der Waals surface area contributed by atoms with E-state index >= 15 is 0 Å². The highest BCUT2D eigenvalue weighted by atomic mass is 15.3. The summed E-state index contributed by atoms with van der Waals surface area (Å²) in [6.07, 6.45) is 1.05. The number of rotatable bonds is 5. The van der Waals surface area contributed by atoms with E-state index < -0.39 is 0 Å². The van der Waals surface area contributed by atoms with Crippen LogP contribution in [0, 0.1) is 13.8 Å². The lowest BCUT2D eigenvalue weighted by molar-refractivity contribution is 0.106. The van der Waals surface area contributed by atoms with E-state index in [9.17, 15) is 0 Å². The highest BCUT2D eigenvalue weighted by Gasteiger charge is 2.19. The number of nitrogens with two attached hydrogens (primary N) is 1.